The molecule has 100 valence electrons. The zero-order valence-corrected chi connectivity index (χ0v) is 10.2. The van der Waals surface area contributed by atoms with Gasteiger partial charge in [-0.25, -0.2) is 0 Å². The summed E-state index contributed by atoms with van der Waals surface area (Å²) >= 11 is 0. The molecule has 1 aromatic heterocycles. The second kappa shape index (κ2) is 4.51. The van der Waals surface area contributed by atoms with Crippen LogP contribution in [0, 0.1) is 16.0 Å². The van der Waals surface area contributed by atoms with Crippen molar-refractivity contribution < 1.29 is 9.34 Å². The second-order valence-corrected chi connectivity index (χ2v) is 4.81. The van der Waals surface area contributed by atoms with Crippen LogP contribution in [0.4, 0.5) is 11.7 Å². The van der Waals surface area contributed by atoms with E-state index in [9.17, 15) is 10.1 Å². The van der Waals surface area contributed by atoms with Gasteiger partial charge in [0, 0.05) is 24.7 Å². The van der Waals surface area contributed by atoms with E-state index < -0.39 is 4.92 Å². The maximum absolute atomic E-state index is 10.7. The maximum Gasteiger partial charge on any atom is 0.295 e. The fourth-order valence-corrected chi connectivity index (χ4v) is 2.00. The summed E-state index contributed by atoms with van der Waals surface area (Å²) in [5, 5.41) is 13.7. The first-order valence-electron chi connectivity index (χ1n) is 6.18. The number of nitro groups is 1. The molecule has 1 aromatic carbocycles. The fraction of sp³-hybridized carbons (Fsp3) is 0.417. The summed E-state index contributed by atoms with van der Waals surface area (Å²) < 4.78 is 5.45. The van der Waals surface area contributed by atoms with Gasteiger partial charge in [-0.05, 0) is 24.8 Å². The average Bonchev–Trinajstić information content (AvgIpc) is 3.15. The van der Waals surface area contributed by atoms with Crippen molar-refractivity contribution in [2.75, 3.05) is 11.9 Å². The van der Waals surface area contributed by atoms with E-state index in [0.717, 1.165) is 0 Å². The predicted molar refractivity (Wildman–Crippen MR) is 69.9 cm³/mol. The lowest BCUT2D eigenvalue weighted by Gasteiger charge is -2.09. The Morgan fingerprint density at radius 3 is 3.05 bits per heavy atom. The number of fused-ring (bicyclic) bond motifs is 1. The van der Waals surface area contributed by atoms with Gasteiger partial charge < -0.3 is 15.5 Å². The molecule has 1 heterocycles. The molecule has 1 aliphatic carbocycles. The van der Waals surface area contributed by atoms with Crippen LogP contribution in [-0.4, -0.2) is 22.5 Å². The zero-order chi connectivity index (χ0) is 13.4. The molecule has 0 spiro atoms. The van der Waals surface area contributed by atoms with Crippen molar-refractivity contribution in [2.45, 2.75) is 18.9 Å². The quantitative estimate of drug-likeness (QED) is 0.629. The number of aromatic nitrogens is 1. The molecule has 1 aliphatic rings. The van der Waals surface area contributed by atoms with Gasteiger partial charge in [-0.15, -0.1) is 0 Å². The maximum atomic E-state index is 10.7. The van der Waals surface area contributed by atoms with Crippen molar-refractivity contribution in [2.24, 2.45) is 11.7 Å². The molecular weight excluding hydrogens is 248 g/mol. The predicted octanol–water partition coefficient (Wildman–Crippen LogP) is 1.89. The summed E-state index contributed by atoms with van der Waals surface area (Å²) in [6, 6.07) is 4.79. The molecule has 3 rings (SSSR count). The van der Waals surface area contributed by atoms with Gasteiger partial charge in [-0.3, -0.25) is 10.1 Å². The van der Waals surface area contributed by atoms with Crippen molar-refractivity contribution in [3.8, 4) is 0 Å². The summed E-state index contributed by atoms with van der Waals surface area (Å²) in [6.07, 6.45) is 2.37. The van der Waals surface area contributed by atoms with Gasteiger partial charge in [0.1, 0.15) is 5.52 Å². The Hall–Kier alpha value is -2.15. The van der Waals surface area contributed by atoms with Crippen LogP contribution in [0.15, 0.2) is 22.6 Å². The molecule has 7 nitrogen and oxygen atoms in total. The Labute approximate surface area is 108 Å². The van der Waals surface area contributed by atoms with Gasteiger partial charge in [0.2, 0.25) is 0 Å². The van der Waals surface area contributed by atoms with Crippen LogP contribution in [-0.2, 0) is 0 Å². The normalized spacial score (nSPS) is 16.5. The fourth-order valence-electron chi connectivity index (χ4n) is 2.00. The highest BCUT2D eigenvalue weighted by atomic mass is 16.6. The van der Waals surface area contributed by atoms with E-state index in [1.54, 1.807) is 6.07 Å². The lowest BCUT2D eigenvalue weighted by atomic mass is 10.2. The summed E-state index contributed by atoms with van der Waals surface area (Å²) in [7, 11) is 0. The van der Waals surface area contributed by atoms with Crippen LogP contribution in [0.1, 0.15) is 12.8 Å². The third-order valence-corrected chi connectivity index (χ3v) is 3.30. The summed E-state index contributed by atoms with van der Waals surface area (Å²) in [6.45, 7) is 0.597. The number of anilines is 1. The molecule has 19 heavy (non-hydrogen) atoms. The van der Waals surface area contributed by atoms with E-state index in [1.807, 2.05) is 0 Å². The van der Waals surface area contributed by atoms with Crippen LogP contribution in [0.3, 0.4) is 0 Å². The number of nitro benzene ring substituents is 1. The van der Waals surface area contributed by atoms with E-state index in [4.69, 9.17) is 10.2 Å². The van der Waals surface area contributed by atoms with Gasteiger partial charge in [0.15, 0.2) is 5.58 Å². The molecule has 1 fully saturated rings. The first kappa shape index (κ1) is 11.9. The number of nitrogens with zero attached hydrogens (tertiary/aromatic N) is 2. The van der Waals surface area contributed by atoms with Crippen molar-refractivity contribution in [1.29, 1.82) is 0 Å². The highest BCUT2D eigenvalue weighted by Gasteiger charge is 2.28. The van der Waals surface area contributed by atoms with E-state index in [1.165, 1.54) is 25.0 Å². The third-order valence-electron chi connectivity index (χ3n) is 3.30. The average molecular weight is 262 g/mol. The van der Waals surface area contributed by atoms with Gasteiger partial charge in [-0.1, -0.05) is 0 Å². The molecule has 0 radical (unpaired) electrons. The minimum Gasteiger partial charge on any atom is -0.424 e. The Kier molecular flexibility index (Phi) is 2.83. The minimum atomic E-state index is -0.454. The van der Waals surface area contributed by atoms with Crippen molar-refractivity contribution in [3.63, 3.8) is 0 Å². The first-order valence-corrected chi connectivity index (χ1v) is 6.18. The molecule has 0 saturated heterocycles. The second-order valence-electron chi connectivity index (χ2n) is 4.81. The highest BCUT2D eigenvalue weighted by molar-refractivity contribution is 5.77. The van der Waals surface area contributed by atoms with Crippen molar-refractivity contribution in [1.82, 2.24) is 4.98 Å². The first-order chi connectivity index (χ1) is 9.13. The van der Waals surface area contributed by atoms with Crippen LogP contribution < -0.4 is 11.1 Å². The summed E-state index contributed by atoms with van der Waals surface area (Å²) in [5.74, 6) is 0.595. The van der Waals surface area contributed by atoms with E-state index in [2.05, 4.69) is 10.3 Å². The van der Waals surface area contributed by atoms with Gasteiger partial charge in [0.05, 0.1) is 4.92 Å². The van der Waals surface area contributed by atoms with Gasteiger partial charge in [0.25, 0.3) is 11.7 Å². The molecular formula is C12H14N4O3. The molecule has 7 heteroatoms. The Balaban J connectivity index is 1.75. The van der Waals surface area contributed by atoms with E-state index in [-0.39, 0.29) is 11.7 Å². The Morgan fingerprint density at radius 2 is 2.37 bits per heavy atom. The van der Waals surface area contributed by atoms with Gasteiger partial charge in [-0.2, -0.15) is 4.98 Å². The molecule has 0 amide bonds. The molecule has 1 atom stereocenters. The number of oxazole rings is 1. The largest absolute Gasteiger partial charge is 0.424 e. The third kappa shape index (κ3) is 2.50. The Morgan fingerprint density at radius 1 is 1.58 bits per heavy atom. The zero-order valence-electron chi connectivity index (χ0n) is 10.2. The van der Waals surface area contributed by atoms with Crippen LogP contribution in [0.2, 0.25) is 0 Å². The molecule has 3 N–H and O–H groups in total. The van der Waals surface area contributed by atoms with Crippen molar-refractivity contribution in [3.05, 3.63) is 28.3 Å². The molecule has 1 saturated carbocycles. The van der Waals surface area contributed by atoms with Crippen molar-refractivity contribution >= 4 is 22.8 Å². The number of hydrogen-bond acceptors (Lipinski definition) is 6. The summed E-state index contributed by atoms with van der Waals surface area (Å²) in [5.41, 5.74) is 6.96. The molecule has 1 unspecified atom stereocenters. The van der Waals surface area contributed by atoms with Crippen LogP contribution in [0.5, 0.6) is 0 Å². The number of benzene rings is 1. The smallest absolute Gasteiger partial charge is 0.295 e. The number of hydrogen-bond donors (Lipinski definition) is 2. The highest BCUT2D eigenvalue weighted by Crippen LogP contribution is 2.31. The molecule has 0 bridgehead atoms. The number of nitrogens with one attached hydrogen (secondary N) is 1. The summed E-state index contributed by atoms with van der Waals surface area (Å²) in [4.78, 5) is 14.4. The Bertz CT molecular complexity index is 620. The number of rotatable bonds is 5. The van der Waals surface area contributed by atoms with Crippen LogP contribution in [0.25, 0.3) is 11.1 Å². The number of nitrogens with two attached hydrogens (primary N) is 1. The minimum absolute atomic E-state index is 0.00188. The number of non-ortho nitro benzene ring substituents is 1. The monoisotopic (exact) mass is 262 g/mol. The van der Waals surface area contributed by atoms with E-state index >= 15 is 0 Å². The molecule has 0 aliphatic heterocycles. The lowest BCUT2D eigenvalue weighted by molar-refractivity contribution is -0.384. The topological polar surface area (TPSA) is 107 Å². The van der Waals surface area contributed by atoms with E-state index in [0.29, 0.717) is 29.6 Å². The SMILES string of the molecule is NC(CNc1nc2cc([N+](=O)[O-])ccc2o1)C1CC1. The lowest BCUT2D eigenvalue weighted by Crippen LogP contribution is -2.31. The van der Waals surface area contributed by atoms with Crippen LogP contribution >= 0.6 is 0 Å². The standard InChI is InChI=1S/C12H14N4O3/c13-9(7-1-2-7)6-14-12-15-10-5-8(16(17)18)3-4-11(10)19-12/h3-5,7,9H,1-2,6,13H2,(H,14,15). The van der Waals surface area contributed by atoms with Gasteiger partial charge >= 0.3 is 0 Å². The molecule has 2 aromatic rings.